The molecule has 2 N–H and O–H groups in total. The van der Waals surface area contributed by atoms with Crippen LogP contribution in [0.4, 0.5) is 11.4 Å². The van der Waals surface area contributed by atoms with Crippen LogP contribution in [0.5, 0.6) is 0 Å². The van der Waals surface area contributed by atoms with E-state index in [4.69, 9.17) is 0 Å². The van der Waals surface area contributed by atoms with Gasteiger partial charge in [-0.3, -0.25) is 0 Å². The Hall–Kier alpha value is -4.14. The number of nitrogens with zero attached hydrogens (tertiary/aromatic N) is 1. The minimum Gasteiger partial charge on any atom is -0.344 e. The predicted octanol–water partition coefficient (Wildman–Crippen LogP) is 9.36. The third-order valence-electron chi connectivity index (χ3n) is 9.47. The number of rotatable bonds is 9. The van der Waals surface area contributed by atoms with Crippen molar-refractivity contribution in [2.75, 3.05) is 18.5 Å². The summed E-state index contributed by atoms with van der Waals surface area (Å²) in [6.07, 6.45) is 10.2. The maximum absolute atomic E-state index is 2.56. The van der Waals surface area contributed by atoms with Crippen molar-refractivity contribution in [2.45, 2.75) is 57.8 Å². The molecule has 5 aromatic rings. The number of hydrogen-bond donors (Lipinski definition) is 1. The number of benzene rings is 5. The molecule has 218 valence electrons. The van der Waals surface area contributed by atoms with Crippen LogP contribution in [0.1, 0.15) is 57.2 Å². The average Bonchev–Trinajstić information content (AvgIpc) is 3.24. The number of quaternary nitrogens is 1. The van der Waals surface area contributed by atoms with Gasteiger partial charge in [-0.1, -0.05) is 125 Å². The lowest BCUT2D eigenvalue weighted by molar-refractivity contribution is -0.540. The molecule has 1 aliphatic heterocycles. The highest BCUT2D eigenvalue weighted by Crippen LogP contribution is 2.50. The fraction of sp³-hybridized carbons (Fsp3) is 0.268. The Morgan fingerprint density at radius 1 is 0.791 bits per heavy atom. The molecule has 0 saturated heterocycles. The quantitative estimate of drug-likeness (QED) is 0.177. The number of hydrogen-bond acceptors (Lipinski definition) is 1. The minimum atomic E-state index is -0.0803. The molecule has 0 saturated carbocycles. The zero-order valence-electron chi connectivity index (χ0n) is 26.4. The van der Waals surface area contributed by atoms with Crippen LogP contribution in [0.2, 0.25) is 0 Å². The van der Waals surface area contributed by atoms with Gasteiger partial charge in [0.2, 0.25) is 0 Å². The van der Waals surface area contributed by atoms with E-state index in [1.807, 2.05) is 0 Å². The van der Waals surface area contributed by atoms with Crippen molar-refractivity contribution in [3.8, 4) is 0 Å². The van der Waals surface area contributed by atoms with Gasteiger partial charge < -0.3 is 10.2 Å². The third-order valence-corrected chi connectivity index (χ3v) is 9.47. The van der Waals surface area contributed by atoms with E-state index in [1.54, 1.807) is 0 Å². The van der Waals surface area contributed by atoms with Crippen LogP contribution < -0.4 is 10.2 Å². The van der Waals surface area contributed by atoms with Crippen molar-refractivity contribution in [2.24, 2.45) is 0 Å². The fourth-order valence-electron chi connectivity index (χ4n) is 7.50. The highest BCUT2D eigenvalue weighted by molar-refractivity contribution is 5.95. The van der Waals surface area contributed by atoms with E-state index in [-0.39, 0.29) is 10.8 Å². The molecule has 1 unspecified atom stereocenters. The van der Waals surface area contributed by atoms with Gasteiger partial charge in [0.1, 0.15) is 5.69 Å². The van der Waals surface area contributed by atoms with Crippen molar-refractivity contribution in [1.29, 1.82) is 0 Å². The van der Waals surface area contributed by atoms with Crippen molar-refractivity contribution in [1.82, 2.24) is 0 Å². The van der Waals surface area contributed by atoms with Gasteiger partial charge in [0.15, 0.2) is 0 Å². The summed E-state index contributed by atoms with van der Waals surface area (Å²) >= 11 is 0. The zero-order valence-corrected chi connectivity index (χ0v) is 26.4. The maximum Gasteiger partial charge on any atom is 0.133 e. The van der Waals surface area contributed by atoms with E-state index >= 15 is 0 Å². The Bertz CT molecular complexity index is 1810. The summed E-state index contributed by atoms with van der Waals surface area (Å²) in [6.45, 7) is 10.5. The van der Waals surface area contributed by atoms with Gasteiger partial charge in [-0.25, -0.2) is 0 Å². The van der Waals surface area contributed by atoms with Crippen LogP contribution in [-0.2, 0) is 17.3 Å². The van der Waals surface area contributed by atoms with Gasteiger partial charge in [-0.2, -0.15) is 0 Å². The molecule has 0 spiro atoms. The summed E-state index contributed by atoms with van der Waals surface area (Å²) in [7, 11) is 2.17. The van der Waals surface area contributed by atoms with Gasteiger partial charge >= 0.3 is 0 Å². The normalized spacial score (nSPS) is 16.8. The first-order valence-electron chi connectivity index (χ1n) is 15.9. The van der Waals surface area contributed by atoms with Crippen LogP contribution in [0.25, 0.3) is 21.5 Å². The first-order valence-corrected chi connectivity index (χ1v) is 15.9. The second kappa shape index (κ2) is 11.9. The number of allylic oxidation sites excluding steroid dienone is 4. The van der Waals surface area contributed by atoms with Crippen LogP contribution in [0, 0.1) is 0 Å². The summed E-state index contributed by atoms with van der Waals surface area (Å²) in [6, 6.07) is 37.9. The lowest BCUT2D eigenvalue weighted by Gasteiger charge is -2.31. The number of nitrogens with two attached hydrogens (primary N) is 1. The summed E-state index contributed by atoms with van der Waals surface area (Å²) in [5, 5.41) is 7.63. The van der Waals surface area contributed by atoms with E-state index in [2.05, 4.69) is 166 Å². The summed E-state index contributed by atoms with van der Waals surface area (Å²) in [5.74, 6) is 0. The smallest absolute Gasteiger partial charge is 0.133 e. The number of anilines is 1. The van der Waals surface area contributed by atoms with E-state index in [9.17, 15) is 0 Å². The molecular formula is C41H45N2+. The Labute approximate surface area is 257 Å². The van der Waals surface area contributed by atoms with Crippen molar-refractivity contribution < 1.29 is 5.32 Å². The van der Waals surface area contributed by atoms with Gasteiger partial charge in [-0.15, -0.1) is 0 Å². The fourth-order valence-corrected chi connectivity index (χ4v) is 7.50. The van der Waals surface area contributed by atoms with E-state index < -0.39 is 0 Å². The van der Waals surface area contributed by atoms with E-state index in [0.717, 1.165) is 25.8 Å². The average molecular weight is 566 g/mol. The van der Waals surface area contributed by atoms with Crippen molar-refractivity contribution >= 4 is 32.9 Å². The molecule has 5 aromatic carbocycles. The lowest BCUT2D eigenvalue weighted by Crippen LogP contribution is -2.73. The highest BCUT2D eigenvalue weighted by Gasteiger charge is 2.40. The van der Waals surface area contributed by atoms with Crippen LogP contribution in [-0.4, -0.2) is 13.6 Å². The standard InChI is InChI=1S/C41H44N2/c1-6-28-43-36-26-24-32-19-11-13-21-34(32)39(36)40(2,3)37(43)22-14-15-27-41(4,29-30-16-8-7-9-17-30)38-33-20-12-10-18-31(33)23-25-35(38)42-5/h7-26,42H,6,27-29H2,1-5H3/p+1/b15-14+,37-22+. The van der Waals surface area contributed by atoms with Gasteiger partial charge in [0.05, 0.1) is 7.05 Å². The molecule has 6 rings (SSSR count). The second-order valence-electron chi connectivity index (χ2n) is 12.9. The first-order chi connectivity index (χ1) is 20.9. The van der Waals surface area contributed by atoms with Crippen molar-refractivity contribution in [3.63, 3.8) is 0 Å². The molecular weight excluding hydrogens is 520 g/mol. The molecule has 0 bridgehead atoms. The SMILES string of the molecule is CCCN1/C(=C/C=C/CC(C)(Cc2ccccc2)c2c([NH2+]C)ccc3ccccc23)C(C)(C)c2c1ccc1ccccc21. The predicted molar refractivity (Wildman–Crippen MR) is 185 cm³/mol. The Balaban J connectivity index is 1.41. The van der Waals surface area contributed by atoms with Crippen LogP contribution in [0.3, 0.4) is 0 Å². The molecule has 0 aromatic heterocycles. The largest absolute Gasteiger partial charge is 0.344 e. The van der Waals surface area contributed by atoms with E-state index in [0.29, 0.717) is 0 Å². The molecule has 1 atom stereocenters. The molecule has 0 aliphatic carbocycles. The van der Waals surface area contributed by atoms with Crippen LogP contribution >= 0.6 is 0 Å². The molecule has 2 heteroatoms. The molecule has 43 heavy (non-hydrogen) atoms. The van der Waals surface area contributed by atoms with Crippen LogP contribution in [0.15, 0.2) is 127 Å². The Morgan fingerprint density at radius 3 is 2.16 bits per heavy atom. The highest BCUT2D eigenvalue weighted by atomic mass is 15.2. The van der Waals surface area contributed by atoms with Gasteiger partial charge in [0.25, 0.3) is 0 Å². The van der Waals surface area contributed by atoms with Crippen molar-refractivity contribution in [3.05, 3.63) is 144 Å². The lowest BCUT2D eigenvalue weighted by atomic mass is 9.72. The summed E-state index contributed by atoms with van der Waals surface area (Å²) in [4.78, 5) is 2.56. The molecule has 0 fully saturated rings. The Kier molecular flexibility index (Phi) is 7.99. The monoisotopic (exact) mass is 565 g/mol. The first kappa shape index (κ1) is 29.0. The molecule has 1 aliphatic rings. The number of fused-ring (bicyclic) bond motifs is 4. The molecule has 1 heterocycles. The molecule has 0 radical (unpaired) electrons. The summed E-state index contributed by atoms with van der Waals surface area (Å²) in [5.41, 5.74) is 8.19. The topological polar surface area (TPSA) is 19.9 Å². The van der Waals surface area contributed by atoms with E-state index in [1.165, 1.54) is 55.3 Å². The zero-order chi connectivity index (χ0) is 30.0. The van der Waals surface area contributed by atoms with Gasteiger partial charge in [-0.05, 0) is 76.2 Å². The molecule has 2 nitrogen and oxygen atoms in total. The second-order valence-corrected chi connectivity index (χ2v) is 12.9. The minimum absolute atomic E-state index is 0.0769. The maximum atomic E-state index is 2.56. The third kappa shape index (κ3) is 5.30. The van der Waals surface area contributed by atoms with Gasteiger partial charge in [0, 0.05) is 34.3 Å². The molecule has 0 amide bonds. The Morgan fingerprint density at radius 2 is 1.44 bits per heavy atom. The summed E-state index contributed by atoms with van der Waals surface area (Å²) < 4.78 is 0.